The number of ether oxygens (including phenoxy) is 1. The Bertz CT molecular complexity index is 799. The quantitative estimate of drug-likeness (QED) is 0.247. The van der Waals surface area contributed by atoms with Crippen LogP contribution in [0.4, 0.5) is 0 Å². The molecular formula is C16H24O8S2. The lowest BCUT2D eigenvalue weighted by molar-refractivity contribution is -0.134. The van der Waals surface area contributed by atoms with Crippen molar-refractivity contribution in [2.75, 3.05) is 0 Å². The largest absolute Gasteiger partial charge is 0.424 e. The molecule has 148 valence electrons. The molecule has 0 spiro atoms. The molecule has 0 heterocycles. The van der Waals surface area contributed by atoms with E-state index >= 15 is 0 Å². The van der Waals surface area contributed by atoms with Crippen LogP contribution in [0.1, 0.15) is 51.9 Å². The summed E-state index contributed by atoms with van der Waals surface area (Å²) in [6.07, 6.45) is 4.96. The Morgan fingerprint density at radius 1 is 1.00 bits per heavy atom. The first-order chi connectivity index (χ1) is 12.1. The van der Waals surface area contributed by atoms with Crippen LogP contribution in [0.2, 0.25) is 0 Å². The Hall–Kier alpha value is -1.49. The van der Waals surface area contributed by atoms with E-state index in [4.69, 9.17) is 9.29 Å². The van der Waals surface area contributed by atoms with Crippen molar-refractivity contribution < 1.29 is 35.5 Å². The Morgan fingerprint density at radius 2 is 1.58 bits per heavy atom. The van der Waals surface area contributed by atoms with Crippen molar-refractivity contribution in [3.63, 3.8) is 0 Å². The number of esters is 1. The monoisotopic (exact) mass is 408 g/mol. The molecule has 1 rings (SSSR count). The van der Waals surface area contributed by atoms with Gasteiger partial charge in [-0.3, -0.25) is 13.9 Å². The number of hydrogen-bond donors (Lipinski definition) is 2. The van der Waals surface area contributed by atoms with Gasteiger partial charge in [-0.25, -0.2) is 0 Å². The predicted molar refractivity (Wildman–Crippen MR) is 95.2 cm³/mol. The highest BCUT2D eigenvalue weighted by Gasteiger charge is 2.33. The van der Waals surface area contributed by atoms with Gasteiger partial charge < -0.3 is 4.74 Å². The average Bonchev–Trinajstić information content (AvgIpc) is 2.52. The van der Waals surface area contributed by atoms with E-state index in [9.17, 15) is 26.2 Å². The molecule has 0 fully saturated rings. The number of para-hydroxylation sites is 1. The summed E-state index contributed by atoms with van der Waals surface area (Å²) in [5.74, 6) is -1.80. The van der Waals surface area contributed by atoms with E-state index < -0.39 is 42.1 Å². The highest BCUT2D eigenvalue weighted by Crippen LogP contribution is 2.24. The Morgan fingerprint density at radius 3 is 2.15 bits per heavy atom. The number of rotatable bonds is 11. The summed E-state index contributed by atoms with van der Waals surface area (Å²) in [5.41, 5.74) is 0. The average molecular weight is 408 g/mol. The molecule has 2 N–H and O–H groups in total. The van der Waals surface area contributed by atoms with Crippen LogP contribution in [-0.2, 0) is 25.0 Å². The van der Waals surface area contributed by atoms with Crippen LogP contribution in [0.25, 0.3) is 0 Å². The van der Waals surface area contributed by atoms with Crippen LogP contribution in [-0.4, -0.2) is 37.2 Å². The van der Waals surface area contributed by atoms with Crippen LogP contribution in [0.3, 0.4) is 0 Å². The summed E-state index contributed by atoms with van der Waals surface area (Å²) in [4.78, 5) is 11.5. The van der Waals surface area contributed by atoms with E-state index in [0.29, 0.717) is 12.8 Å². The molecule has 0 bridgehead atoms. The molecule has 1 atom stereocenters. The number of benzene rings is 1. The predicted octanol–water partition coefficient (Wildman–Crippen LogP) is 2.85. The third kappa shape index (κ3) is 7.40. The minimum Gasteiger partial charge on any atom is -0.424 e. The summed E-state index contributed by atoms with van der Waals surface area (Å²) in [5, 5.41) is -1.82. The van der Waals surface area contributed by atoms with Crippen molar-refractivity contribution >= 4 is 26.2 Å². The van der Waals surface area contributed by atoms with E-state index in [1.54, 1.807) is 0 Å². The van der Waals surface area contributed by atoms with Gasteiger partial charge in [0.25, 0.3) is 20.2 Å². The van der Waals surface area contributed by atoms with Crippen LogP contribution >= 0.6 is 0 Å². The molecule has 1 aromatic rings. The highest BCUT2D eigenvalue weighted by atomic mass is 32.2. The fourth-order valence-corrected chi connectivity index (χ4v) is 3.79. The van der Waals surface area contributed by atoms with Gasteiger partial charge in [-0.15, -0.1) is 0 Å². The summed E-state index contributed by atoms with van der Waals surface area (Å²) in [7, 11) is -9.38. The lowest BCUT2D eigenvalue weighted by atomic mass is 10.1. The van der Waals surface area contributed by atoms with Crippen molar-refractivity contribution in [1.82, 2.24) is 0 Å². The lowest BCUT2D eigenvalue weighted by Gasteiger charge is -2.14. The Kier molecular flexibility index (Phi) is 8.68. The van der Waals surface area contributed by atoms with Gasteiger partial charge in [0.2, 0.25) is 0 Å². The van der Waals surface area contributed by atoms with E-state index in [0.717, 1.165) is 37.8 Å². The van der Waals surface area contributed by atoms with Crippen molar-refractivity contribution in [2.45, 2.75) is 62.0 Å². The van der Waals surface area contributed by atoms with Gasteiger partial charge in [0, 0.05) is 0 Å². The molecule has 1 aromatic carbocycles. The van der Waals surface area contributed by atoms with Crippen molar-refractivity contribution in [2.24, 2.45) is 0 Å². The van der Waals surface area contributed by atoms with Gasteiger partial charge >= 0.3 is 5.97 Å². The third-order valence-electron chi connectivity index (χ3n) is 3.78. The maximum Gasteiger partial charge on any atom is 0.332 e. The fourth-order valence-electron chi connectivity index (χ4n) is 2.42. The van der Waals surface area contributed by atoms with Gasteiger partial charge in [-0.05, 0) is 18.6 Å². The van der Waals surface area contributed by atoms with Crippen LogP contribution in [0, 0.1) is 0 Å². The Balaban J connectivity index is 2.83. The van der Waals surface area contributed by atoms with Crippen molar-refractivity contribution in [3.05, 3.63) is 24.3 Å². The molecule has 0 saturated heterocycles. The molecule has 0 saturated carbocycles. The summed E-state index contributed by atoms with van der Waals surface area (Å²) >= 11 is 0. The molecule has 0 radical (unpaired) electrons. The number of hydrogen-bond acceptors (Lipinski definition) is 6. The minimum absolute atomic E-state index is 0.141. The maximum atomic E-state index is 12.2. The van der Waals surface area contributed by atoms with Gasteiger partial charge in [0.05, 0.1) is 0 Å². The molecule has 1 unspecified atom stereocenters. The standard InChI is InChI=1S/C16H24O8S2/c1-2-3-4-5-6-7-12-15(26(21,22)23)16(17)24-13-10-8-9-11-14(13)25(18,19)20/h8-11,15H,2-7,12H2,1H3,(H,18,19,20)(H,21,22,23). The zero-order chi connectivity index (χ0) is 19.8. The Labute approximate surface area is 154 Å². The van der Waals surface area contributed by atoms with E-state index in [-0.39, 0.29) is 6.42 Å². The summed E-state index contributed by atoms with van der Waals surface area (Å²) in [6.45, 7) is 2.06. The molecule has 26 heavy (non-hydrogen) atoms. The minimum atomic E-state index is -4.72. The first-order valence-corrected chi connectivity index (χ1v) is 11.3. The normalized spacial score (nSPS) is 13.3. The van der Waals surface area contributed by atoms with E-state index in [1.165, 1.54) is 12.1 Å². The zero-order valence-corrected chi connectivity index (χ0v) is 16.1. The van der Waals surface area contributed by atoms with Crippen LogP contribution in [0.5, 0.6) is 5.75 Å². The van der Waals surface area contributed by atoms with Gasteiger partial charge in [0.1, 0.15) is 4.90 Å². The smallest absolute Gasteiger partial charge is 0.332 e. The molecule has 0 aliphatic rings. The van der Waals surface area contributed by atoms with E-state index in [2.05, 4.69) is 6.92 Å². The topological polar surface area (TPSA) is 135 Å². The number of unbranched alkanes of at least 4 members (excludes halogenated alkanes) is 5. The van der Waals surface area contributed by atoms with Crippen molar-refractivity contribution in [3.8, 4) is 5.75 Å². The van der Waals surface area contributed by atoms with E-state index in [1.807, 2.05) is 0 Å². The second-order valence-electron chi connectivity index (χ2n) is 5.90. The first-order valence-electron chi connectivity index (χ1n) is 8.32. The molecule has 10 heteroatoms. The molecular weight excluding hydrogens is 384 g/mol. The fraction of sp³-hybridized carbons (Fsp3) is 0.562. The molecule has 0 amide bonds. The molecule has 0 aromatic heterocycles. The SMILES string of the molecule is CCCCCCCCC(C(=O)Oc1ccccc1S(=O)(=O)O)S(=O)(=O)O. The maximum absolute atomic E-state index is 12.2. The lowest BCUT2D eigenvalue weighted by Crippen LogP contribution is -2.33. The third-order valence-corrected chi connectivity index (χ3v) is 5.82. The summed E-state index contributed by atoms with van der Waals surface area (Å²) in [6, 6.07) is 4.77. The zero-order valence-electron chi connectivity index (χ0n) is 14.5. The van der Waals surface area contributed by atoms with Crippen molar-refractivity contribution in [1.29, 1.82) is 0 Å². The van der Waals surface area contributed by atoms with Gasteiger partial charge in [0.15, 0.2) is 11.0 Å². The van der Waals surface area contributed by atoms with Crippen LogP contribution < -0.4 is 4.74 Å². The summed E-state index contributed by atoms with van der Waals surface area (Å²) < 4.78 is 68.9. The van der Waals surface area contributed by atoms with Gasteiger partial charge in [-0.1, -0.05) is 57.6 Å². The number of carbonyl (C=O) groups excluding carboxylic acids is 1. The second kappa shape index (κ2) is 10.0. The highest BCUT2D eigenvalue weighted by molar-refractivity contribution is 7.87. The van der Waals surface area contributed by atoms with Crippen LogP contribution in [0.15, 0.2) is 29.2 Å². The second-order valence-corrected chi connectivity index (χ2v) is 8.89. The molecule has 0 aliphatic heterocycles. The number of carbonyl (C=O) groups is 1. The van der Waals surface area contributed by atoms with Gasteiger partial charge in [-0.2, -0.15) is 16.8 Å². The molecule has 0 aliphatic carbocycles. The molecule has 8 nitrogen and oxygen atoms in total. The first kappa shape index (κ1) is 22.6.